The molecule has 0 saturated carbocycles. The fourth-order valence-corrected chi connectivity index (χ4v) is 1.05. The molecule has 0 aromatic carbocycles. The summed E-state index contributed by atoms with van der Waals surface area (Å²) in [6, 6.07) is -0.160. The summed E-state index contributed by atoms with van der Waals surface area (Å²) in [5, 5.41) is 0. The van der Waals surface area contributed by atoms with Crippen LogP contribution in [0.4, 0.5) is 0 Å². The lowest BCUT2D eigenvalue weighted by atomic mass is 9.84. The number of nitrogens with zero attached hydrogens (tertiary/aromatic N) is 2. The van der Waals surface area contributed by atoms with Gasteiger partial charge in [0.25, 0.3) is 0 Å². The van der Waals surface area contributed by atoms with Crippen LogP contribution in [0.3, 0.4) is 0 Å². The molecule has 82 valence electrons. The van der Waals surface area contributed by atoms with Crippen LogP contribution in [0.2, 0.25) is 0 Å². The molecule has 1 unspecified atom stereocenters. The molecule has 0 amide bonds. The first-order valence-electron chi connectivity index (χ1n) is 4.96. The fourth-order valence-electron chi connectivity index (χ4n) is 1.05. The summed E-state index contributed by atoms with van der Waals surface area (Å²) in [7, 11) is 0. The van der Waals surface area contributed by atoms with E-state index in [0.29, 0.717) is 12.1 Å². The normalized spacial score (nSPS) is 13.6. The van der Waals surface area contributed by atoms with Gasteiger partial charge in [-0.05, 0) is 5.41 Å². The average molecular weight is 207 g/mol. The zero-order valence-electron chi connectivity index (χ0n) is 9.40. The topological polar surface area (TPSA) is 68.9 Å². The van der Waals surface area contributed by atoms with Crippen LogP contribution >= 0.6 is 0 Å². The van der Waals surface area contributed by atoms with Crippen LogP contribution in [0, 0.1) is 5.41 Å². The van der Waals surface area contributed by atoms with Crippen LogP contribution in [0.15, 0.2) is 18.6 Å². The second-order valence-electron chi connectivity index (χ2n) is 4.69. The van der Waals surface area contributed by atoms with Gasteiger partial charge in [0.15, 0.2) is 5.78 Å². The molecular formula is C11H17N3O. The maximum atomic E-state index is 11.7. The second-order valence-corrected chi connectivity index (χ2v) is 4.69. The standard InChI is InChI=1S/C11H17N3O/c1-11(2,3)10(12)6-9(15)8-7-13-4-5-14-8/h4-5,7,10H,6,12H2,1-3H3. The largest absolute Gasteiger partial charge is 0.327 e. The molecule has 1 atom stereocenters. The number of hydrogen-bond donors (Lipinski definition) is 1. The van der Waals surface area contributed by atoms with Crippen molar-refractivity contribution in [2.45, 2.75) is 33.2 Å². The van der Waals surface area contributed by atoms with Gasteiger partial charge in [0, 0.05) is 24.9 Å². The Morgan fingerprint density at radius 3 is 2.60 bits per heavy atom. The van der Waals surface area contributed by atoms with Crippen molar-refractivity contribution in [3.05, 3.63) is 24.3 Å². The van der Waals surface area contributed by atoms with E-state index < -0.39 is 0 Å². The molecule has 0 aliphatic rings. The lowest BCUT2D eigenvalue weighted by molar-refractivity contribution is 0.0948. The maximum Gasteiger partial charge on any atom is 0.184 e. The van der Waals surface area contributed by atoms with Crippen molar-refractivity contribution in [3.63, 3.8) is 0 Å². The average Bonchev–Trinajstić information content (AvgIpc) is 2.17. The fraction of sp³-hybridized carbons (Fsp3) is 0.545. The van der Waals surface area contributed by atoms with E-state index in [9.17, 15) is 4.79 Å². The van der Waals surface area contributed by atoms with Crippen molar-refractivity contribution >= 4 is 5.78 Å². The molecule has 4 heteroatoms. The van der Waals surface area contributed by atoms with Crippen molar-refractivity contribution in [1.82, 2.24) is 9.97 Å². The number of rotatable bonds is 3. The molecular weight excluding hydrogens is 190 g/mol. The van der Waals surface area contributed by atoms with Gasteiger partial charge in [-0.2, -0.15) is 0 Å². The molecule has 1 aromatic rings. The van der Waals surface area contributed by atoms with Gasteiger partial charge >= 0.3 is 0 Å². The van der Waals surface area contributed by atoms with E-state index in [-0.39, 0.29) is 17.2 Å². The van der Waals surface area contributed by atoms with Gasteiger partial charge in [0.05, 0.1) is 6.20 Å². The van der Waals surface area contributed by atoms with Gasteiger partial charge in [0.2, 0.25) is 0 Å². The first-order valence-corrected chi connectivity index (χ1v) is 4.96. The lowest BCUT2D eigenvalue weighted by Crippen LogP contribution is -2.37. The Bertz CT molecular complexity index is 329. The Hall–Kier alpha value is -1.29. The molecule has 0 spiro atoms. The third kappa shape index (κ3) is 3.40. The Labute approximate surface area is 89.9 Å². The molecule has 0 aliphatic heterocycles. The summed E-state index contributed by atoms with van der Waals surface area (Å²) in [4.78, 5) is 19.5. The van der Waals surface area contributed by atoms with Gasteiger partial charge in [-0.15, -0.1) is 0 Å². The molecule has 0 saturated heterocycles. The smallest absolute Gasteiger partial charge is 0.184 e. The highest BCUT2D eigenvalue weighted by Crippen LogP contribution is 2.20. The predicted molar refractivity (Wildman–Crippen MR) is 58.4 cm³/mol. The number of nitrogens with two attached hydrogens (primary N) is 1. The van der Waals surface area contributed by atoms with Crippen LogP contribution in [0.1, 0.15) is 37.7 Å². The first kappa shape index (κ1) is 11.8. The van der Waals surface area contributed by atoms with Crippen molar-refractivity contribution in [1.29, 1.82) is 0 Å². The van der Waals surface area contributed by atoms with Crippen LogP contribution in [0.25, 0.3) is 0 Å². The highest BCUT2D eigenvalue weighted by Gasteiger charge is 2.24. The quantitative estimate of drug-likeness (QED) is 0.761. The van der Waals surface area contributed by atoms with E-state index >= 15 is 0 Å². The molecule has 0 fully saturated rings. The Balaban J connectivity index is 2.65. The zero-order valence-corrected chi connectivity index (χ0v) is 9.40. The van der Waals surface area contributed by atoms with E-state index in [1.807, 2.05) is 20.8 Å². The van der Waals surface area contributed by atoms with Crippen molar-refractivity contribution in [3.8, 4) is 0 Å². The minimum Gasteiger partial charge on any atom is -0.327 e. The van der Waals surface area contributed by atoms with Gasteiger partial charge in [-0.3, -0.25) is 9.78 Å². The van der Waals surface area contributed by atoms with E-state index in [1.54, 1.807) is 6.20 Å². The van der Waals surface area contributed by atoms with Crippen LogP contribution < -0.4 is 5.73 Å². The summed E-state index contributed by atoms with van der Waals surface area (Å²) in [5.74, 6) is -0.0504. The van der Waals surface area contributed by atoms with Gasteiger partial charge in [-0.1, -0.05) is 20.8 Å². The lowest BCUT2D eigenvalue weighted by Gasteiger charge is -2.26. The Morgan fingerprint density at radius 2 is 2.13 bits per heavy atom. The van der Waals surface area contributed by atoms with Crippen LogP contribution in [-0.2, 0) is 0 Å². The number of carbonyl (C=O) groups excluding carboxylic acids is 1. The molecule has 1 heterocycles. The van der Waals surface area contributed by atoms with Gasteiger partial charge in [0.1, 0.15) is 5.69 Å². The number of carbonyl (C=O) groups is 1. The monoisotopic (exact) mass is 207 g/mol. The molecule has 1 rings (SSSR count). The zero-order chi connectivity index (χ0) is 11.5. The highest BCUT2D eigenvalue weighted by atomic mass is 16.1. The number of aromatic nitrogens is 2. The van der Waals surface area contributed by atoms with E-state index in [4.69, 9.17) is 5.73 Å². The molecule has 4 nitrogen and oxygen atoms in total. The molecule has 0 aliphatic carbocycles. The van der Waals surface area contributed by atoms with Crippen LogP contribution in [-0.4, -0.2) is 21.8 Å². The summed E-state index contributed by atoms with van der Waals surface area (Å²) in [6.07, 6.45) is 4.83. The molecule has 2 N–H and O–H groups in total. The number of hydrogen-bond acceptors (Lipinski definition) is 4. The molecule has 1 aromatic heterocycles. The molecule has 0 radical (unpaired) electrons. The second kappa shape index (κ2) is 4.49. The first-order chi connectivity index (χ1) is 6.91. The van der Waals surface area contributed by atoms with Gasteiger partial charge < -0.3 is 5.73 Å². The third-order valence-electron chi connectivity index (χ3n) is 2.37. The van der Waals surface area contributed by atoms with Crippen molar-refractivity contribution in [2.24, 2.45) is 11.1 Å². The SMILES string of the molecule is CC(C)(C)C(N)CC(=O)c1cnccn1. The van der Waals surface area contributed by atoms with Crippen molar-refractivity contribution in [2.75, 3.05) is 0 Å². The Kier molecular flexibility index (Phi) is 3.52. The molecule has 15 heavy (non-hydrogen) atoms. The molecule has 0 bridgehead atoms. The van der Waals surface area contributed by atoms with Gasteiger partial charge in [-0.25, -0.2) is 4.98 Å². The third-order valence-corrected chi connectivity index (χ3v) is 2.37. The number of ketones is 1. The maximum absolute atomic E-state index is 11.7. The van der Waals surface area contributed by atoms with Crippen LogP contribution in [0.5, 0.6) is 0 Å². The van der Waals surface area contributed by atoms with E-state index in [1.165, 1.54) is 12.4 Å². The highest BCUT2D eigenvalue weighted by molar-refractivity contribution is 5.94. The van der Waals surface area contributed by atoms with Crippen molar-refractivity contribution < 1.29 is 4.79 Å². The summed E-state index contributed by atoms with van der Waals surface area (Å²) in [5.41, 5.74) is 6.23. The summed E-state index contributed by atoms with van der Waals surface area (Å²) in [6.45, 7) is 6.05. The minimum absolute atomic E-state index is 0.0504. The Morgan fingerprint density at radius 1 is 1.47 bits per heavy atom. The van der Waals surface area contributed by atoms with E-state index in [2.05, 4.69) is 9.97 Å². The number of Topliss-reactive ketones (excluding diaryl/α,β-unsaturated/α-hetero) is 1. The summed E-state index contributed by atoms with van der Waals surface area (Å²) < 4.78 is 0. The summed E-state index contributed by atoms with van der Waals surface area (Å²) >= 11 is 0. The van der Waals surface area contributed by atoms with E-state index in [0.717, 1.165) is 0 Å². The minimum atomic E-state index is -0.160. The predicted octanol–water partition coefficient (Wildman–Crippen LogP) is 1.42.